The fourth-order valence-electron chi connectivity index (χ4n) is 1.03. The molecule has 0 saturated heterocycles. The van der Waals surface area contributed by atoms with Gasteiger partial charge in [-0.15, -0.1) is 11.3 Å². The molecule has 1 aromatic rings. The van der Waals surface area contributed by atoms with Crippen LogP contribution in [0.2, 0.25) is 0 Å². The van der Waals surface area contributed by atoms with Crippen molar-refractivity contribution in [2.75, 3.05) is 13.1 Å². The molecule has 0 aliphatic rings. The van der Waals surface area contributed by atoms with Gasteiger partial charge in [0.25, 0.3) is 0 Å². The Morgan fingerprint density at radius 3 is 2.71 bits per heavy atom. The first-order valence-electron chi connectivity index (χ1n) is 4.89. The Labute approximate surface area is 89.7 Å². The fourth-order valence-corrected chi connectivity index (χ4v) is 2.02. The van der Waals surface area contributed by atoms with Gasteiger partial charge in [-0.25, -0.2) is 4.98 Å². The van der Waals surface area contributed by atoms with Gasteiger partial charge < -0.3 is 11.1 Å². The van der Waals surface area contributed by atoms with Gasteiger partial charge in [0.2, 0.25) is 0 Å². The molecule has 0 bridgehead atoms. The van der Waals surface area contributed by atoms with E-state index in [0.717, 1.165) is 18.1 Å². The summed E-state index contributed by atoms with van der Waals surface area (Å²) in [4.78, 5) is 4.57. The van der Waals surface area contributed by atoms with Crippen LogP contribution in [-0.4, -0.2) is 18.1 Å². The minimum absolute atomic E-state index is 0.155. The van der Waals surface area contributed by atoms with Gasteiger partial charge in [-0.3, -0.25) is 0 Å². The van der Waals surface area contributed by atoms with Crippen LogP contribution in [-0.2, 0) is 12.0 Å². The van der Waals surface area contributed by atoms with E-state index in [1.54, 1.807) is 11.3 Å². The number of hydrogen-bond acceptors (Lipinski definition) is 4. The van der Waals surface area contributed by atoms with Crippen molar-refractivity contribution < 1.29 is 0 Å². The second kappa shape index (κ2) is 4.87. The number of rotatable bonds is 4. The summed E-state index contributed by atoms with van der Waals surface area (Å²) in [6, 6.07) is 0. The number of aromatic nitrogens is 1. The van der Waals surface area contributed by atoms with E-state index in [1.807, 2.05) is 0 Å². The highest BCUT2D eigenvalue weighted by atomic mass is 32.1. The molecule has 1 rings (SSSR count). The molecule has 80 valence electrons. The van der Waals surface area contributed by atoms with Crippen molar-refractivity contribution in [2.24, 2.45) is 5.73 Å². The summed E-state index contributed by atoms with van der Waals surface area (Å²) in [5.41, 5.74) is 6.72. The molecule has 0 saturated carbocycles. The predicted molar refractivity (Wildman–Crippen MR) is 61.6 cm³/mol. The van der Waals surface area contributed by atoms with Gasteiger partial charge in [0.15, 0.2) is 0 Å². The predicted octanol–water partition coefficient (Wildman–Crippen LogP) is 1.49. The lowest BCUT2D eigenvalue weighted by Gasteiger charge is -2.14. The van der Waals surface area contributed by atoms with Crippen molar-refractivity contribution in [1.29, 1.82) is 0 Å². The van der Waals surface area contributed by atoms with Crippen LogP contribution in [0.5, 0.6) is 0 Å². The first-order valence-corrected chi connectivity index (χ1v) is 5.77. The van der Waals surface area contributed by atoms with E-state index in [9.17, 15) is 0 Å². The van der Waals surface area contributed by atoms with Crippen molar-refractivity contribution in [1.82, 2.24) is 10.3 Å². The summed E-state index contributed by atoms with van der Waals surface area (Å²) < 4.78 is 0. The molecule has 1 heterocycles. The molecule has 0 aliphatic heterocycles. The Morgan fingerprint density at radius 2 is 2.21 bits per heavy atom. The van der Waals surface area contributed by atoms with Crippen LogP contribution in [0.3, 0.4) is 0 Å². The van der Waals surface area contributed by atoms with E-state index < -0.39 is 0 Å². The lowest BCUT2D eigenvalue weighted by molar-refractivity contribution is 0.568. The Kier molecular flexibility index (Phi) is 4.04. The molecule has 0 spiro atoms. The molecule has 3 nitrogen and oxygen atoms in total. The van der Waals surface area contributed by atoms with Crippen LogP contribution in [0.15, 0.2) is 5.38 Å². The summed E-state index contributed by atoms with van der Waals surface area (Å²) >= 11 is 1.71. The normalized spacial score (nSPS) is 12.0. The largest absolute Gasteiger partial charge is 0.329 e. The van der Waals surface area contributed by atoms with Crippen LogP contribution in [0.1, 0.15) is 31.5 Å². The minimum Gasteiger partial charge on any atom is -0.329 e. The van der Waals surface area contributed by atoms with E-state index >= 15 is 0 Å². The van der Waals surface area contributed by atoms with E-state index in [4.69, 9.17) is 5.73 Å². The van der Waals surface area contributed by atoms with Gasteiger partial charge in [-0.05, 0) is 0 Å². The maximum Gasteiger partial charge on any atom is 0.107 e. The lowest BCUT2D eigenvalue weighted by Crippen LogP contribution is -2.22. The number of nitrogens with two attached hydrogens (primary N) is 1. The highest BCUT2D eigenvalue weighted by Gasteiger charge is 2.16. The Hall–Kier alpha value is -0.450. The number of nitrogens with zero attached hydrogens (tertiary/aromatic N) is 1. The summed E-state index contributed by atoms with van der Waals surface area (Å²) in [7, 11) is 0. The summed E-state index contributed by atoms with van der Waals surface area (Å²) in [6.45, 7) is 8.90. The molecule has 0 atom stereocenters. The molecule has 14 heavy (non-hydrogen) atoms. The molecule has 3 N–H and O–H groups in total. The molecule has 1 aromatic heterocycles. The zero-order valence-corrected chi connectivity index (χ0v) is 9.95. The summed E-state index contributed by atoms with van der Waals surface area (Å²) in [5.74, 6) is 0. The highest BCUT2D eigenvalue weighted by Crippen LogP contribution is 2.23. The van der Waals surface area contributed by atoms with Gasteiger partial charge >= 0.3 is 0 Å². The molecule has 0 radical (unpaired) electrons. The molecule has 4 heteroatoms. The van der Waals surface area contributed by atoms with E-state index in [-0.39, 0.29) is 5.41 Å². The zero-order chi connectivity index (χ0) is 10.6. The van der Waals surface area contributed by atoms with Crippen molar-refractivity contribution in [2.45, 2.75) is 32.7 Å². The molecular formula is C10H19N3S. The third-order valence-electron chi connectivity index (χ3n) is 1.92. The summed E-state index contributed by atoms with van der Waals surface area (Å²) in [5, 5.41) is 6.52. The zero-order valence-electron chi connectivity index (χ0n) is 9.13. The first-order chi connectivity index (χ1) is 6.54. The molecule has 0 aromatic carbocycles. The highest BCUT2D eigenvalue weighted by molar-refractivity contribution is 7.09. The van der Waals surface area contributed by atoms with Gasteiger partial charge in [-0.1, -0.05) is 20.8 Å². The maximum atomic E-state index is 5.39. The van der Waals surface area contributed by atoms with Crippen LogP contribution in [0.25, 0.3) is 0 Å². The lowest BCUT2D eigenvalue weighted by atomic mass is 9.93. The van der Waals surface area contributed by atoms with Crippen LogP contribution >= 0.6 is 11.3 Å². The Morgan fingerprint density at radius 1 is 1.50 bits per heavy atom. The average molecular weight is 213 g/mol. The quantitative estimate of drug-likeness (QED) is 0.745. The van der Waals surface area contributed by atoms with Crippen LogP contribution in [0.4, 0.5) is 0 Å². The maximum absolute atomic E-state index is 5.39. The van der Waals surface area contributed by atoms with E-state index in [1.165, 1.54) is 5.69 Å². The molecule has 0 aliphatic carbocycles. The van der Waals surface area contributed by atoms with Gasteiger partial charge in [0.1, 0.15) is 5.01 Å². The number of nitrogens with one attached hydrogen (secondary N) is 1. The monoisotopic (exact) mass is 213 g/mol. The van der Waals surface area contributed by atoms with Crippen LogP contribution < -0.4 is 11.1 Å². The number of thiazole rings is 1. The third kappa shape index (κ3) is 3.36. The van der Waals surface area contributed by atoms with E-state index in [0.29, 0.717) is 6.54 Å². The molecule has 0 fully saturated rings. The Balaban J connectivity index is 2.51. The van der Waals surface area contributed by atoms with Crippen molar-refractivity contribution >= 4 is 11.3 Å². The van der Waals surface area contributed by atoms with Gasteiger partial charge in [0, 0.05) is 30.4 Å². The molecule has 0 unspecified atom stereocenters. The molecule has 0 amide bonds. The first kappa shape index (κ1) is 11.6. The van der Waals surface area contributed by atoms with Gasteiger partial charge in [0.05, 0.1) is 5.69 Å². The van der Waals surface area contributed by atoms with Gasteiger partial charge in [-0.2, -0.15) is 0 Å². The average Bonchev–Trinajstić information content (AvgIpc) is 2.52. The van der Waals surface area contributed by atoms with Crippen molar-refractivity contribution in [3.05, 3.63) is 16.1 Å². The Bertz CT molecular complexity index is 275. The summed E-state index contributed by atoms with van der Waals surface area (Å²) in [6.07, 6.45) is 0. The fraction of sp³-hybridized carbons (Fsp3) is 0.700. The SMILES string of the molecule is CC(C)(C)c1csc(CNCCN)n1. The number of hydrogen-bond donors (Lipinski definition) is 2. The smallest absolute Gasteiger partial charge is 0.107 e. The molecular weight excluding hydrogens is 194 g/mol. The van der Waals surface area contributed by atoms with E-state index in [2.05, 4.69) is 36.5 Å². The van der Waals surface area contributed by atoms with Crippen LogP contribution in [0, 0.1) is 0 Å². The third-order valence-corrected chi connectivity index (χ3v) is 2.77. The minimum atomic E-state index is 0.155. The second-order valence-electron chi connectivity index (χ2n) is 4.34. The van der Waals surface area contributed by atoms with Crippen molar-refractivity contribution in [3.63, 3.8) is 0 Å². The second-order valence-corrected chi connectivity index (χ2v) is 5.28. The topological polar surface area (TPSA) is 50.9 Å². The van der Waals surface area contributed by atoms with Crippen molar-refractivity contribution in [3.8, 4) is 0 Å². The standard InChI is InChI=1S/C10H19N3S/c1-10(2,3)8-7-14-9(13-8)6-12-5-4-11/h7,12H,4-6,11H2,1-3H3.